The smallest absolute Gasteiger partial charge is 0.324 e. The van der Waals surface area contributed by atoms with Crippen LogP contribution >= 0.6 is 0 Å². The van der Waals surface area contributed by atoms with Crippen molar-refractivity contribution < 1.29 is 9.53 Å². The Hall–Kier alpha value is -1.43. The molecule has 1 heterocycles. The molecule has 0 amide bonds. The van der Waals surface area contributed by atoms with Crippen molar-refractivity contribution in [1.82, 2.24) is 15.0 Å². The van der Waals surface area contributed by atoms with E-state index in [4.69, 9.17) is 5.73 Å². The number of nitrogens with zero attached hydrogens (tertiary/aromatic N) is 3. The summed E-state index contributed by atoms with van der Waals surface area (Å²) in [6.07, 6.45) is 3.17. The molecular formula is C7H12N4O2. The second kappa shape index (κ2) is 3.99. The van der Waals surface area contributed by atoms with Crippen molar-refractivity contribution in [1.29, 1.82) is 0 Å². The van der Waals surface area contributed by atoms with Gasteiger partial charge < -0.3 is 10.5 Å². The molecule has 2 atom stereocenters. The molecule has 13 heavy (non-hydrogen) atoms. The van der Waals surface area contributed by atoms with E-state index in [0.29, 0.717) is 0 Å². The fourth-order valence-corrected chi connectivity index (χ4v) is 0.932. The first-order chi connectivity index (χ1) is 6.16. The quantitative estimate of drug-likeness (QED) is 0.630. The van der Waals surface area contributed by atoms with E-state index in [1.807, 2.05) is 0 Å². The fourth-order valence-electron chi connectivity index (χ4n) is 0.932. The molecule has 6 heteroatoms. The molecule has 0 saturated heterocycles. The van der Waals surface area contributed by atoms with Crippen molar-refractivity contribution in [3.63, 3.8) is 0 Å². The maximum Gasteiger partial charge on any atom is 0.324 e. The second-order valence-corrected chi connectivity index (χ2v) is 2.67. The summed E-state index contributed by atoms with van der Waals surface area (Å²) < 4.78 is 6.02. The summed E-state index contributed by atoms with van der Waals surface area (Å²) in [5, 5.41) is 7.35. The Morgan fingerprint density at radius 2 is 2.38 bits per heavy atom. The van der Waals surface area contributed by atoms with Gasteiger partial charge in [0.25, 0.3) is 0 Å². The molecule has 0 spiro atoms. The Morgan fingerprint density at radius 1 is 1.69 bits per heavy atom. The number of nitrogens with two attached hydrogens (primary N) is 1. The van der Waals surface area contributed by atoms with E-state index in [1.54, 1.807) is 13.1 Å². The van der Waals surface area contributed by atoms with Crippen LogP contribution in [0.15, 0.2) is 12.4 Å². The average molecular weight is 184 g/mol. The lowest BCUT2D eigenvalue weighted by atomic mass is 10.1. The number of hydrogen-bond acceptors (Lipinski definition) is 5. The molecule has 0 unspecified atom stereocenters. The van der Waals surface area contributed by atoms with Gasteiger partial charge in [0, 0.05) is 6.20 Å². The molecular weight excluding hydrogens is 172 g/mol. The Morgan fingerprint density at radius 3 is 2.85 bits per heavy atom. The van der Waals surface area contributed by atoms with Gasteiger partial charge in [-0.2, -0.15) is 0 Å². The van der Waals surface area contributed by atoms with Gasteiger partial charge in [-0.1, -0.05) is 5.21 Å². The van der Waals surface area contributed by atoms with Crippen molar-refractivity contribution in [2.45, 2.75) is 19.0 Å². The second-order valence-electron chi connectivity index (χ2n) is 2.67. The number of ether oxygens (including phenoxy) is 1. The zero-order chi connectivity index (χ0) is 9.84. The Kier molecular flexibility index (Phi) is 2.97. The predicted molar refractivity (Wildman–Crippen MR) is 44.7 cm³/mol. The van der Waals surface area contributed by atoms with E-state index >= 15 is 0 Å². The van der Waals surface area contributed by atoms with Crippen LogP contribution in [-0.4, -0.2) is 34.1 Å². The van der Waals surface area contributed by atoms with Crippen LogP contribution in [0.4, 0.5) is 0 Å². The number of rotatable bonds is 3. The van der Waals surface area contributed by atoms with E-state index in [0.717, 1.165) is 0 Å². The number of carbonyl (C=O) groups excluding carboxylic acids is 1. The van der Waals surface area contributed by atoms with Gasteiger partial charge in [0.2, 0.25) is 0 Å². The summed E-state index contributed by atoms with van der Waals surface area (Å²) >= 11 is 0. The third-order valence-corrected chi connectivity index (χ3v) is 1.85. The molecule has 0 aliphatic rings. The zero-order valence-electron chi connectivity index (χ0n) is 7.54. The van der Waals surface area contributed by atoms with Crippen LogP contribution < -0.4 is 5.73 Å². The number of hydrogen-bond donors (Lipinski definition) is 1. The summed E-state index contributed by atoms with van der Waals surface area (Å²) in [6.45, 7) is 1.77. The van der Waals surface area contributed by atoms with Gasteiger partial charge in [-0.25, -0.2) is 4.68 Å². The summed E-state index contributed by atoms with van der Waals surface area (Å²) in [7, 11) is 1.30. The van der Waals surface area contributed by atoms with Crippen molar-refractivity contribution in [2.24, 2.45) is 5.73 Å². The number of esters is 1. The number of aromatic nitrogens is 3. The van der Waals surface area contributed by atoms with Crippen LogP contribution in [-0.2, 0) is 9.53 Å². The predicted octanol–water partition coefficient (Wildman–Crippen LogP) is -0.661. The third-order valence-electron chi connectivity index (χ3n) is 1.85. The summed E-state index contributed by atoms with van der Waals surface area (Å²) in [5.74, 6) is -0.456. The lowest BCUT2D eigenvalue weighted by Crippen LogP contribution is -2.39. The molecule has 0 radical (unpaired) electrons. The maximum absolute atomic E-state index is 11.0. The topological polar surface area (TPSA) is 83.0 Å². The minimum Gasteiger partial charge on any atom is -0.468 e. The first-order valence-corrected chi connectivity index (χ1v) is 3.86. The van der Waals surface area contributed by atoms with Crippen LogP contribution in [0.2, 0.25) is 0 Å². The van der Waals surface area contributed by atoms with Crippen LogP contribution in [0, 0.1) is 0 Å². The minimum atomic E-state index is -0.716. The highest BCUT2D eigenvalue weighted by Crippen LogP contribution is 2.07. The largest absolute Gasteiger partial charge is 0.468 e. The highest BCUT2D eigenvalue weighted by Gasteiger charge is 2.23. The average Bonchev–Trinajstić information content (AvgIpc) is 2.67. The van der Waals surface area contributed by atoms with E-state index in [2.05, 4.69) is 15.0 Å². The fraction of sp³-hybridized carbons (Fsp3) is 0.571. The molecule has 1 aromatic heterocycles. The monoisotopic (exact) mass is 184 g/mol. The Balaban J connectivity index is 2.68. The SMILES string of the molecule is COC(=O)[C@@H](N)[C@@H](C)n1ccnn1. The van der Waals surface area contributed by atoms with E-state index in [1.165, 1.54) is 18.0 Å². The van der Waals surface area contributed by atoms with E-state index in [-0.39, 0.29) is 6.04 Å². The number of methoxy groups -OCH3 is 1. The molecule has 72 valence electrons. The molecule has 0 bridgehead atoms. The zero-order valence-corrected chi connectivity index (χ0v) is 7.54. The van der Waals surface area contributed by atoms with Crippen molar-refractivity contribution in [2.75, 3.05) is 7.11 Å². The number of carbonyl (C=O) groups is 1. The van der Waals surface area contributed by atoms with Crippen molar-refractivity contribution in [3.8, 4) is 0 Å². The molecule has 0 aliphatic carbocycles. The summed E-state index contributed by atoms with van der Waals surface area (Å²) in [6, 6.07) is -0.971. The van der Waals surface area contributed by atoms with Gasteiger partial charge in [0.15, 0.2) is 0 Å². The summed E-state index contributed by atoms with van der Waals surface area (Å²) in [5.41, 5.74) is 5.60. The van der Waals surface area contributed by atoms with Gasteiger partial charge in [-0.05, 0) is 6.92 Å². The molecule has 6 nitrogen and oxygen atoms in total. The van der Waals surface area contributed by atoms with Crippen LogP contribution in [0.3, 0.4) is 0 Å². The molecule has 2 N–H and O–H groups in total. The van der Waals surface area contributed by atoms with Gasteiger partial charge in [0.1, 0.15) is 6.04 Å². The first kappa shape index (κ1) is 9.66. The highest BCUT2D eigenvalue weighted by molar-refractivity contribution is 5.75. The minimum absolute atomic E-state index is 0.255. The Labute approximate surface area is 75.7 Å². The third kappa shape index (κ3) is 2.03. The van der Waals surface area contributed by atoms with Gasteiger partial charge in [-0.15, -0.1) is 5.10 Å². The summed E-state index contributed by atoms with van der Waals surface area (Å²) in [4.78, 5) is 11.0. The van der Waals surface area contributed by atoms with E-state index in [9.17, 15) is 4.79 Å². The lowest BCUT2D eigenvalue weighted by Gasteiger charge is -2.16. The van der Waals surface area contributed by atoms with Crippen LogP contribution in [0.1, 0.15) is 13.0 Å². The highest BCUT2D eigenvalue weighted by atomic mass is 16.5. The van der Waals surface area contributed by atoms with Crippen LogP contribution in [0.5, 0.6) is 0 Å². The molecule has 1 rings (SSSR count). The van der Waals surface area contributed by atoms with Gasteiger partial charge in [-0.3, -0.25) is 4.79 Å². The molecule has 1 aromatic rings. The van der Waals surface area contributed by atoms with Crippen molar-refractivity contribution in [3.05, 3.63) is 12.4 Å². The standard InChI is InChI=1S/C7H12N4O2/c1-5(6(8)7(12)13-2)11-4-3-9-10-11/h3-6H,8H2,1-2H3/t5-,6+/m1/s1. The van der Waals surface area contributed by atoms with Crippen molar-refractivity contribution >= 4 is 5.97 Å². The van der Waals surface area contributed by atoms with Gasteiger partial charge >= 0.3 is 5.97 Å². The molecule has 0 saturated carbocycles. The molecule has 0 fully saturated rings. The normalized spacial score (nSPS) is 15.0. The molecule has 0 aromatic carbocycles. The molecule has 0 aliphatic heterocycles. The van der Waals surface area contributed by atoms with Gasteiger partial charge in [0.05, 0.1) is 19.3 Å². The lowest BCUT2D eigenvalue weighted by molar-refractivity contribution is -0.143. The van der Waals surface area contributed by atoms with E-state index < -0.39 is 12.0 Å². The first-order valence-electron chi connectivity index (χ1n) is 3.86. The Bertz CT molecular complexity index is 272. The van der Waals surface area contributed by atoms with Crippen LogP contribution in [0.25, 0.3) is 0 Å². The maximum atomic E-state index is 11.0.